The fourth-order valence-electron chi connectivity index (χ4n) is 3.38. The van der Waals surface area contributed by atoms with Crippen LogP contribution in [0.25, 0.3) is 4.96 Å². The van der Waals surface area contributed by atoms with Crippen molar-refractivity contribution in [1.29, 1.82) is 0 Å². The van der Waals surface area contributed by atoms with E-state index in [9.17, 15) is 9.59 Å². The van der Waals surface area contributed by atoms with Crippen LogP contribution < -0.4 is 5.32 Å². The average Bonchev–Trinajstić information content (AvgIpc) is 3.37. The number of hydrogen-bond donors (Lipinski definition) is 1. The second kappa shape index (κ2) is 7.20. The van der Waals surface area contributed by atoms with Crippen molar-refractivity contribution in [3.63, 3.8) is 0 Å². The maximum absolute atomic E-state index is 12.8. The second-order valence-corrected chi connectivity index (χ2v) is 8.30. The van der Waals surface area contributed by atoms with Crippen molar-refractivity contribution >= 4 is 39.4 Å². The molecule has 2 amide bonds. The van der Waals surface area contributed by atoms with Crippen molar-refractivity contribution in [2.24, 2.45) is 0 Å². The van der Waals surface area contributed by atoms with Crippen LogP contribution in [0.5, 0.6) is 0 Å². The Labute approximate surface area is 159 Å². The number of thiophene rings is 1. The lowest BCUT2D eigenvalue weighted by Crippen LogP contribution is -2.31. The number of carbonyl (C=O) groups is 2. The smallest absolute Gasteiger partial charge is 0.261 e. The molecule has 6 nitrogen and oxygen atoms in total. The Bertz CT molecular complexity index is 913. The third kappa shape index (κ3) is 3.26. The SMILES string of the molecule is CCNC(=O)c1ccc(C2CCCN2C(=O)Cc2cn3ccsc3n2)s1. The standard InChI is InChI=1S/C18H20N4O2S2/c1-2-19-17(24)15-6-5-14(26-15)13-4-3-7-22(13)16(23)10-12-11-21-8-9-25-18(21)20-12/h5-6,8-9,11,13H,2-4,7,10H2,1H3,(H,19,24). The van der Waals surface area contributed by atoms with Gasteiger partial charge in [0.2, 0.25) is 5.91 Å². The molecular weight excluding hydrogens is 368 g/mol. The van der Waals surface area contributed by atoms with E-state index >= 15 is 0 Å². The number of hydrogen-bond acceptors (Lipinski definition) is 5. The average molecular weight is 389 g/mol. The van der Waals surface area contributed by atoms with Crippen LogP contribution in [0.1, 0.15) is 46.0 Å². The summed E-state index contributed by atoms with van der Waals surface area (Å²) in [6.07, 6.45) is 6.13. The number of rotatable bonds is 5. The van der Waals surface area contributed by atoms with E-state index in [1.54, 1.807) is 11.3 Å². The molecular formula is C18H20N4O2S2. The number of thiazole rings is 1. The first kappa shape index (κ1) is 17.2. The van der Waals surface area contributed by atoms with E-state index in [4.69, 9.17) is 0 Å². The van der Waals surface area contributed by atoms with Crippen molar-refractivity contribution in [3.8, 4) is 0 Å². The van der Waals surface area contributed by atoms with Crippen molar-refractivity contribution < 1.29 is 9.59 Å². The van der Waals surface area contributed by atoms with Crippen molar-refractivity contribution in [2.45, 2.75) is 32.2 Å². The van der Waals surface area contributed by atoms with E-state index < -0.39 is 0 Å². The van der Waals surface area contributed by atoms with Crippen molar-refractivity contribution in [1.82, 2.24) is 19.6 Å². The Morgan fingerprint density at radius 2 is 2.27 bits per heavy atom. The molecule has 0 aliphatic carbocycles. The highest BCUT2D eigenvalue weighted by Gasteiger charge is 2.31. The highest BCUT2D eigenvalue weighted by molar-refractivity contribution is 7.15. The van der Waals surface area contributed by atoms with Gasteiger partial charge in [0.1, 0.15) is 0 Å². The van der Waals surface area contributed by atoms with Gasteiger partial charge in [0.15, 0.2) is 4.96 Å². The molecule has 1 aliphatic rings. The van der Waals surface area contributed by atoms with Crippen LogP contribution in [0.3, 0.4) is 0 Å². The Hall–Kier alpha value is -2.19. The maximum atomic E-state index is 12.8. The van der Waals surface area contributed by atoms with Crippen LogP contribution in [0.2, 0.25) is 0 Å². The fraction of sp³-hybridized carbons (Fsp3) is 0.389. The third-order valence-electron chi connectivity index (χ3n) is 4.56. The first-order valence-electron chi connectivity index (χ1n) is 8.74. The minimum Gasteiger partial charge on any atom is -0.352 e. The van der Waals surface area contributed by atoms with E-state index in [0.29, 0.717) is 17.8 Å². The summed E-state index contributed by atoms with van der Waals surface area (Å²) >= 11 is 3.05. The van der Waals surface area contributed by atoms with Gasteiger partial charge in [0.05, 0.1) is 23.0 Å². The first-order valence-corrected chi connectivity index (χ1v) is 10.4. The fourth-order valence-corrected chi connectivity index (χ4v) is 5.17. The number of aromatic nitrogens is 2. The quantitative estimate of drug-likeness (QED) is 0.730. The number of imidazole rings is 1. The Morgan fingerprint density at radius 1 is 1.38 bits per heavy atom. The molecule has 1 fully saturated rings. The van der Waals surface area contributed by atoms with Crippen molar-refractivity contribution in [2.75, 3.05) is 13.1 Å². The number of nitrogens with one attached hydrogen (secondary N) is 1. The molecule has 0 spiro atoms. The van der Waals surface area contributed by atoms with E-state index in [1.807, 2.05) is 46.1 Å². The lowest BCUT2D eigenvalue weighted by Gasteiger charge is -2.23. The Morgan fingerprint density at radius 3 is 3.08 bits per heavy atom. The molecule has 1 atom stereocenters. The number of nitrogens with zero attached hydrogens (tertiary/aromatic N) is 3. The van der Waals surface area contributed by atoms with Crippen LogP contribution in [0.15, 0.2) is 29.9 Å². The third-order valence-corrected chi connectivity index (χ3v) is 6.52. The minimum absolute atomic E-state index is 0.0438. The van der Waals surface area contributed by atoms with Gasteiger partial charge in [-0.25, -0.2) is 4.98 Å². The summed E-state index contributed by atoms with van der Waals surface area (Å²) in [4.78, 5) is 34.0. The normalized spacial score (nSPS) is 17.1. The van der Waals surface area contributed by atoms with Gasteiger partial charge in [-0.1, -0.05) is 0 Å². The number of carbonyl (C=O) groups excluding carboxylic acids is 2. The Balaban J connectivity index is 1.48. The summed E-state index contributed by atoms with van der Waals surface area (Å²) in [6.45, 7) is 3.28. The molecule has 3 aromatic heterocycles. The summed E-state index contributed by atoms with van der Waals surface area (Å²) < 4.78 is 1.95. The molecule has 1 aliphatic heterocycles. The van der Waals surface area contributed by atoms with Gasteiger partial charge in [0.25, 0.3) is 5.91 Å². The van der Waals surface area contributed by atoms with E-state index in [1.165, 1.54) is 11.3 Å². The highest BCUT2D eigenvalue weighted by Crippen LogP contribution is 2.36. The largest absolute Gasteiger partial charge is 0.352 e. The summed E-state index contributed by atoms with van der Waals surface area (Å²) in [5, 5.41) is 4.80. The van der Waals surface area contributed by atoms with E-state index in [0.717, 1.165) is 34.9 Å². The predicted octanol–water partition coefficient (Wildman–Crippen LogP) is 3.11. The lowest BCUT2D eigenvalue weighted by atomic mass is 10.1. The zero-order valence-corrected chi connectivity index (χ0v) is 16.1. The van der Waals surface area contributed by atoms with Gasteiger partial charge in [-0.05, 0) is 31.9 Å². The molecule has 0 saturated carbocycles. The van der Waals surface area contributed by atoms with Gasteiger partial charge in [-0.3, -0.25) is 14.0 Å². The summed E-state index contributed by atoms with van der Waals surface area (Å²) in [7, 11) is 0. The predicted molar refractivity (Wildman–Crippen MR) is 103 cm³/mol. The molecule has 1 unspecified atom stereocenters. The van der Waals surface area contributed by atoms with Crippen LogP contribution in [-0.4, -0.2) is 39.2 Å². The molecule has 0 radical (unpaired) electrons. The summed E-state index contributed by atoms with van der Waals surface area (Å²) in [6, 6.07) is 3.91. The zero-order chi connectivity index (χ0) is 18.1. The molecule has 3 aromatic rings. The minimum atomic E-state index is -0.0438. The van der Waals surface area contributed by atoms with Gasteiger partial charge in [-0.2, -0.15) is 0 Å². The molecule has 136 valence electrons. The van der Waals surface area contributed by atoms with Crippen LogP contribution in [0.4, 0.5) is 0 Å². The molecule has 0 aromatic carbocycles. The monoisotopic (exact) mass is 388 g/mol. The topological polar surface area (TPSA) is 66.7 Å². The second-order valence-electron chi connectivity index (χ2n) is 6.31. The van der Waals surface area contributed by atoms with Gasteiger partial charge in [0, 0.05) is 35.7 Å². The van der Waals surface area contributed by atoms with Gasteiger partial charge in [-0.15, -0.1) is 22.7 Å². The highest BCUT2D eigenvalue weighted by atomic mass is 32.1. The summed E-state index contributed by atoms with van der Waals surface area (Å²) in [5.74, 6) is 0.0592. The zero-order valence-electron chi connectivity index (χ0n) is 14.5. The maximum Gasteiger partial charge on any atom is 0.261 e. The molecule has 1 saturated heterocycles. The summed E-state index contributed by atoms with van der Waals surface area (Å²) in [5.41, 5.74) is 0.807. The van der Waals surface area contributed by atoms with Crippen LogP contribution in [0, 0.1) is 0 Å². The molecule has 8 heteroatoms. The number of fused-ring (bicyclic) bond motifs is 1. The molecule has 4 heterocycles. The van der Waals surface area contributed by atoms with Gasteiger partial charge >= 0.3 is 0 Å². The lowest BCUT2D eigenvalue weighted by molar-refractivity contribution is -0.131. The first-order chi connectivity index (χ1) is 12.7. The van der Waals surface area contributed by atoms with Crippen molar-refractivity contribution in [3.05, 3.63) is 45.4 Å². The van der Waals surface area contributed by atoms with Gasteiger partial charge < -0.3 is 10.2 Å². The number of likely N-dealkylation sites (tertiary alicyclic amines) is 1. The molecule has 1 N–H and O–H groups in total. The van der Waals surface area contributed by atoms with Crippen LogP contribution in [-0.2, 0) is 11.2 Å². The van der Waals surface area contributed by atoms with Crippen LogP contribution >= 0.6 is 22.7 Å². The van der Waals surface area contributed by atoms with E-state index in [-0.39, 0.29) is 17.9 Å². The number of amides is 2. The molecule has 26 heavy (non-hydrogen) atoms. The molecule has 4 rings (SSSR count). The molecule has 0 bridgehead atoms. The Kier molecular flexibility index (Phi) is 4.78. The van der Waals surface area contributed by atoms with E-state index in [2.05, 4.69) is 10.3 Å².